The van der Waals surface area contributed by atoms with E-state index < -0.39 is 0 Å². The maximum absolute atomic E-state index is 5.78. The van der Waals surface area contributed by atoms with Crippen LogP contribution in [0.5, 0.6) is 11.5 Å². The van der Waals surface area contributed by atoms with Gasteiger partial charge in [-0.2, -0.15) is 0 Å². The summed E-state index contributed by atoms with van der Waals surface area (Å²) in [5.74, 6) is 1.59. The lowest BCUT2D eigenvalue weighted by molar-refractivity contribution is -0.0922. The standard InChI is InChI=1S/C17H27NO4/c1-18(10-8-15-14-20-12-13-21-15)9-5-11-22-17-7-4-3-6-16(17)19-2/h3-4,6-7,15H,5,8-14H2,1-2H3. The van der Waals surface area contributed by atoms with Crippen molar-refractivity contribution < 1.29 is 18.9 Å². The Morgan fingerprint density at radius 2 is 2.00 bits per heavy atom. The van der Waals surface area contributed by atoms with Gasteiger partial charge in [0.05, 0.1) is 39.6 Å². The van der Waals surface area contributed by atoms with Gasteiger partial charge >= 0.3 is 0 Å². The summed E-state index contributed by atoms with van der Waals surface area (Å²) in [6.45, 7) is 4.89. The average molecular weight is 309 g/mol. The molecule has 0 saturated carbocycles. The minimum absolute atomic E-state index is 0.251. The number of rotatable bonds is 9. The fourth-order valence-electron chi connectivity index (χ4n) is 2.43. The van der Waals surface area contributed by atoms with E-state index in [0.717, 1.165) is 57.3 Å². The summed E-state index contributed by atoms with van der Waals surface area (Å²) in [6, 6.07) is 7.74. The van der Waals surface area contributed by atoms with Crippen LogP contribution < -0.4 is 9.47 Å². The molecule has 1 aromatic rings. The lowest BCUT2D eigenvalue weighted by Crippen LogP contribution is -2.32. The Kier molecular flexibility index (Phi) is 7.49. The molecule has 1 atom stereocenters. The summed E-state index contributed by atoms with van der Waals surface area (Å²) >= 11 is 0. The summed E-state index contributed by atoms with van der Waals surface area (Å²) in [5, 5.41) is 0. The van der Waals surface area contributed by atoms with Crippen LogP contribution in [0, 0.1) is 0 Å². The molecule has 0 aliphatic carbocycles. The van der Waals surface area contributed by atoms with Gasteiger partial charge in [0.25, 0.3) is 0 Å². The Morgan fingerprint density at radius 1 is 1.18 bits per heavy atom. The van der Waals surface area contributed by atoms with Gasteiger partial charge in [0, 0.05) is 13.1 Å². The van der Waals surface area contributed by atoms with Crippen LogP contribution in [-0.2, 0) is 9.47 Å². The molecule has 1 fully saturated rings. The van der Waals surface area contributed by atoms with Gasteiger partial charge in [-0.1, -0.05) is 12.1 Å². The summed E-state index contributed by atoms with van der Waals surface area (Å²) in [4.78, 5) is 2.31. The van der Waals surface area contributed by atoms with Crippen LogP contribution in [0.3, 0.4) is 0 Å². The zero-order chi connectivity index (χ0) is 15.6. The molecular formula is C17H27NO4. The molecule has 1 aliphatic rings. The van der Waals surface area contributed by atoms with Crippen molar-refractivity contribution in [3.63, 3.8) is 0 Å². The molecule has 1 unspecified atom stereocenters. The number of hydrogen-bond donors (Lipinski definition) is 0. The van der Waals surface area contributed by atoms with Gasteiger partial charge in [0.15, 0.2) is 11.5 Å². The van der Waals surface area contributed by atoms with E-state index in [4.69, 9.17) is 18.9 Å². The first-order valence-corrected chi connectivity index (χ1v) is 7.93. The molecule has 0 N–H and O–H groups in total. The predicted molar refractivity (Wildman–Crippen MR) is 85.8 cm³/mol. The Bertz CT molecular complexity index is 421. The Labute approximate surface area is 133 Å². The summed E-state index contributed by atoms with van der Waals surface area (Å²) in [5.41, 5.74) is 0. The van der Waals surface area contributed by atoms with Crippen molar-refractivity contribution in [1.29, 1.82) is 0 Å². The van der Waals surface area contributed by atoms with E-state index in [9.17, 15) is 0 Å². The van der Waals surface area contributed by atoms with Crippen molar-refractivity contribution >= 4 is 0 Å². The quantitative estimate of drug-likeness (QED) is 0.654. The first-order chi connectivity index (χ1) is 10.8. The lowest BCUT2D eigenvalue weighted by Gasteiger charge is -2.25. The van der Waals surface area contributed by atoms with Gasteiger partial charge in [0.1, 0.15) is 0 Å². The highest BCUT2D eigenvalue weighted by Gasteiger charge is 2.14. The maximum Gasteiger partial charge on any atom is 0.161 e. The number of nitrogens with zero attached hydrogens (tertiary/aromatic N) is 1. The Hall–Kier alpha value is -1.30. The zero-order valence-corrected chi connectivity index (χ0v) is 13.6. The van der Waals surface area contributed by atoms with Gasteiger partial charge < -0.3 is 23.8 Å². The first-order valence-electron chi connectivity index (χ1n) is 7.93. The van der Waals surface area contributed by atoms with Crippen molar-refractivity contribution in [3.05, 3.63) is 24.3 Å². The van der Waals surface area contributed by atoms with E-state index in [1.807, 2.05) is 24.3 Å². The van der Waals surface area contributed by atoms with Crippen molar-refractivity contribution in [2.24, 2.45) is 0 Å². The molecule has 22 heavy (non-hydrogen) atoms. The number of hydrogen-bond acceptors (Lipinski definition) is 5. The highest BCUT2D eigenvalue weighted by Crippen LogP contribution is 2.25. The van der Waals surface area contributed by atoms with Gasteiger partial charge in [-0.25, -0.2) is 0 Å². The van der Waals surface area contributed by atoms with E-state index in [2.05, 4.69) is 11.9 Å². The first kappa shape index (κ1) is 17.1. The predicted octanol–water partition coefficient (Wildman–Crippen LogP) is 2.20. The van der Waals surface area contributed by atoms with Crippen LogP contribution in [0.1, 0.15) is 12.8 Å². The molecule has 1 saturated heterocycles. The molecule has 2 rings (SSSR count). The van der Waals surface area contributed by atoms with Crippen molar-refractivity contribution in [3.8, 4) is 11.5 Å². The zero-order valence-electron chi connectivity index (χ0n) is 13.6. The van der Waals surface area contributed by atoms with Gasteiger partial charge in [0.2, 0.25) is 0 Å². The Balaban J connectivity index is 1.57. The third-order valence-electron chi connectivity index (χ3n) is 3.73. The van der Waals surface area contributed by atoms with Crippen molar-refractivity contribution in [2.45, 2.75) is 18.9 Å². The summed E-state index contributed by atoms with van der Waals surface area (Å²) in [6.07, 6.45) is 2.25. The van der Waals surface area contributed by atoms with Crippen LogP contribution in [0.25, 0.3) is 0 Å². The molecule has 0 spiro atoms. The van der Waals surface area contributed by atoms with E-state index in [1.54, 1.807) is 7.11 Å². The summed E-state index contributed by atoms with van der Waals surface area (Å²) < 4.78 is 22.1. The average Bonchev–Trinajstić information content (AvgIpc) is 2.58. The molecule has 0 radical (unpaired) electrons. The molecule has 1 heterocycles. The number of benzene rings is 1. The minimum Gasteiger partial charge on any atom is -0.493 e. The normalized spacial score (nSPS) is 18.4. The van der Waals surface area contributed by atoms with Crippen LogP contribution in [0.15, 0.2) is 24.3 Å². The van der Waals surface area contributed by atoms with Gasteiger partial charge in [-0.3, -0.25) is 0 Å². The Morgan fingerprint density at radius 3 is 2.73 bits per heavy atom. The molecular weight excluding hydrogens is 282 g/mol. The lowest BCUT2D eigenvalue weighted by atomic mass is 10.2. The second kappa shape index (κ2) is 9.66. The number of methoxy groups -OCH3 is 1. The monoisotopic (exact) mass is 309 g/mol. The molecule has 1 aromatic carbocycles. The molecule has 124 valence electrons. The van der Waals surface area contributed by atoms with Gasteiger partial charge in [-0.15, -0.1) is 0 Å². The van der Waals surface area contributed by atoms with E-state index >= 15 is 0 Å². The smallest absolute Gasteiger partial charge is 0.161 e. The van der Waals surface area contributed by atoms with Crippen LogP contribution >= 0.6 is 0 Å². The number of para-hydroxylation sites is 2. The minimum atomic E-state index is 0.251. The highest BCUT2D eigenvalue weighted by molar-refractivity contribution is 5.39. The van der Waals surface area contributed by atoms with Crippen molar-refractivity contribution in [1.82, 2.24) is 4.90 Å². The molecule has 0 bridgehead atoms. The highest BCUT2D eigenvalue weighted by atomic mass is 16.6. The SMILES string of the molecule is COc1ccccc1OCCCN(C)CCC1COCCO1. The van der Waals surface area contributed by atoms with Crippen molar-refractivity contribution in [2.75, 3.05) is 53.7 Å². The van der Waals surface area contributed by atoms with E-state index in [0.29, 0.717) is 6.61 Å². The second-order valence-corrected chi connectivity index (χ2v) is 5.51. The van der Waals surface area contributed by atoms with Crippen LogP contribution in [0.4, 0.5) is 0 Å². The topological polar surface area (TPSA) is 40.2 Å². The number of ether oxygens (including phenoxy) is 4. The van der Waals surface area contributed by atoms with E-state index in [-0.39, 0.29) is 6.10 Å². The molecule has 0 aromatic heterocycles. The third kappa shape index (κ3) is 5.83. The fourth-order valence-corrected chi connectivity index (χ4v) is 2.43. The van der Waals surface area contributed by atoms with E-state index in [1.165, 1.54) is 0 Å². The summed E-state index contributed by atoms with van der Waals surface area (Å²) in [7, 11) is 3.79. The largest absolute Gasteiger partial charge is 0.493 e. The van der Waals surface area contributed by atoms with Crippen LogP contribution in [-0.4, -0.2) is 64.7 Å². The second-order valence-electron chi connectivity index (χ2n) is 5.51. The molecule has 5 heteroatoms. The maximum atomic E-state index is 5.78. The molecule has 1 aliphatic heterocycles. The molecule has 0 amide bonds. The van der Waals surface area contributed by atoms with Crippen LogP contribution in [0.2, 0.25) is 0 Å². The third-order valence-corrected chi connectivity index (χ3v) is 3.73. The fraction of sp³-hybridized carbons (Fsp3) is 0.647. The molecule has 5 nitrogen and oxygen atoms in total. The van der Waals surface area contributed by atoms with Gasteiger partial charge in [-0.05, 0) is 32.0 Å².